The van der Waals surface area contributed by atoms with Crippen molar-refractivity contribution in [1.82, 2.24) is 34.7 Å². The summed E-state index contributed by atoms with van der Waals surface area (Å²) in [5.74, 6) is 0.140. The number of anilines is 2. The summed E-state index contributed by atoms with van der Waals surface area (Å²) in [6.45, 7) is 4.25. The second-order valence-corrected chi connectivity index (χ2v) is 9.96. The number of benzene rings is 1. The lowest BCUT2D eigenvalue weighted by Crippen LogP contribution is -2.51. The van der Waals surface area contributed by atoms with E-state index in [9.17, 15) is 14.7 Å². The highest BCUT2D eigenvalue weighted by molar-refractivity contribution is 6.09. The number of rotatable bonds is 5. The van der Waals surface area contributed by atoms with Crippen LogP contribution in [0.15, 0.2) is 42.7 Å². The number of amides is 2. The maximum Gasteiger partial charge on any atom is 0.409 e. The molecule has 2 N–H and O–H groups in total. The SMILES string of the molecule is COC(=O)N1CC(n2nnc(-c3ccc(C)c(NC(=O)c4cnn5ccc(N6CCC[C@H](O)C6)cc45)c3)n2)C1. The fraction of sp³-hybridized carbons (Fsp3) is 0.385. The number of hydrogen-bond acceptors (Lipinski definition) is 9. The lowest BCUT2D eigenvalue weighted by molar-refractivity contribution is 0.0621. The second kappa shape index (κ2) is 9.98. The molecule has 13 nitrogen and oxygen atoms in total. The minimum atomic E-state index is -0.377. The fourth-order valence-corrected chi connectivity index (χ4v) is 4.99. The highest BCUT2D eigenvalue weighted by Crippen LogP contribution is 2.27. The number of tetrazole rings is 1. The maximum atomic E-state index is 13.4. The minimum Gasteiger partial charge on any atom is -0.453 e. The molecule has 2 aliphatic heterocycles. The molecule has 2 saturated heterocycles. The van der Waals surface area contributed by atoms with Crippen LogP contribution >= 0.6 is 0 Å². The van der Waals surface area contributed by atoms with Gasteiger partial charge in [-0.2, -0.15) is 9.90 Å². The van der Waals surface area contributed by atoms with Crippen molar-refractivity contribution < 1.29 is 19.4 Å². The molecule has 0 saturated carbocycles. The summed E-state index contributed by atoms with van der Waals surface area (Å²) in [7, 11) is 1.35. The van der Waals surface area contributed by atoms with E-state index in [4.69, 9.17) is 4.74 Å². The van der Waals surface area contributed by atoms with Crippen LogP contribution in [0, 0.1) is 6.92 Å². The Kier molecular flexibility index (Phi) is 6.35. The number of carbonyl (C=O) groups is 2. The van der Waals surface area contributed by atoms with Crippen molar-refractivity contribution >= 4 is 28.9 Å². The lowest BCUT2D eigenvalue weighted by atomic mass is 10.1. The average molecular weight is 532 g/mol. The number of nitrogens with zero attached hydrogens (tertiary/aromatic N) is 8. The monoisotopic (exact) mass is 531 g/mol. The number of aliphatic hydroxyl groups excluding tert-OH is 1. The summed E-state index contributed by atoms with van der Waals surface area (Å²) in [6, 6.07) is 9.41. The summed E-state index contributed by atoms with van der Waals surface area (Å²) in [5.41, 5.74) is 4.30. The molecule has 3 aromatic heterocycles. The van der Waals surface area contributed by atoms with E-state index >= 15 is 0 Å². The first-order chi connectivity index (χ1) is 18.9. The van der Waals surface area contributed by atoms with Gasteiger partial charge in [-0.25, -0.2) is 9.31 Å². The normalized spacial score (nSPS) is 17.8. The maximum absolute atomic E-state index is 13.4. The van der Waals surface area contributed by atoms with E-state index in [0.29, 0.717) is 47.8 Å². The zero-order chi connectivity index (χ0) is 27.1. The third kappa shape index (κ3) is 4.76. The number of aryl methyl sites for hydroxylation is 1. The Morgan fingerprint density at radius 3 is 2.79 bits per heavy atom. The van der Waals surface area contributed by atoms with Crippen molar-refractivity contribution in [3.63, 3.8) is 0 Å². The van der Waals surface area contributed by atoms with Gasteiger partial charge in [0.05, 0.1) is 43.6 Å². The van der Waals surface area contributed by atoms with E-state index in [0.717, 1.165) is 30.6 Å². The van der Waals surface area contributed by atoms with Gasteiger partial charge in [-0.15, -0.1) is 10.2 Å². The smallest absolute Gasteiger partial charge is 0.409 e. The van der Waals surface area contributed by atoms with Gasteiger partial charge in [0.25, 0.3) is 5.91 Å². The van der Waals surface area contributed by atoms with E-state index in [1.54, 1.807) is 15.6 Å². The predicted octanol–water partition coefficient (Wildman–Crippen LogP) is 2.13. The van der Waals surface area contributed by atoms with Gasteiger partial charge in [0, 0.05) is 36.2 Å². The Morgan fingerprint density at radius 1 is 1.15 bits per heavy atom. The topological polar surface area (TPSA) is 143 Å². The number of fused-ring (bicyclic) bond motifs is 1. The van der Waals surface area contributed by atoms with E-state index in [2.05, 4.69) is 30.7 Å². The van der Waals surface area contributed by atoms with Gasteiger partial charge < -0.3 is 25.0 Å². The molecule has 2 aliphatic rings. The number of aromatic nitrogens is 6. The highest BCUT2D eigenvalue weighted by atomic mass is 16.5. The average Bonchev–Trinajstić information content (AvgIpc) is 3.56. The number of hydrogen-bond donors (Lipinski definition) is 2. The Bertz CT molecular complexity index is 1540. The highest BCUT2D eigenvalue weighted by Gasteiger charge is 2.34. The molecule has 202 valence electrons. The molecule has 0 aliphatic carbocycles. The molecule has 0 bridgehead atoms. The molecule has 6 rings (SSSR count). The number of aliphatic hydroxyl groups is 1. The van der Waals surface area contributed by atoms with Crippen LogP contribution in [0.25, 0.3) is 16.9 Å². The number of β-amino-alcohol motifs (C(OH)–C–C–N with tert-alkyl or cyclic N) is 1. The van der Waals surface area contributed by atoms with E-state index in [1.807, 2.05) is 43.5 Å². The number of pyridine rings is 1. The first kappa shape index (κ1) is 24.8. The van der Waals surface area contributed by atoms with Crippen LogP contribution in [0.2, 0.25) is 0 Å². The zero-order valence-corrected chi connectivity index (χ0v) is 21.7. The van der Waals surface area contributed by atoms with Crippen LogP contribution in [-0.2, 0) is 4.74 Å². The quantitative estimate of drug-likeness (QED) is 0.396. The van der Waals surface area contributed by atoms with Crippen LogP contribution in [0.3, 0.4) is 0 Å². The molecule has 1 aromatic carbocycles. The molecule has 2 amide bonds. The number of carbonyl (C=O) groups excluding carboxylic acids is 2. The zero-order valence-electron chi connectivity index (χ0n) is 21.7. The first-order valence-electron chi connectivity index (χ1n) is 12.8. The summed E-state index contributed by atoms with van der Waals surface area (Å²) in [6.07, 6.45) is 4.38. The van der Waals surface area contributed by atoms with Crippen LogP contribution in [0.1, 0.15) is 34.8 Å². The molecule has 0 radical (unpaired) electrons. The molecule has 2 fully saturated rings. The van der Waals surface area contributed by atoms with Gasteiger partial charge in [0.2, 0.25) is 5.82 Å². The molecule has 0 spiro atoms. The van der Waals surface area contributed by atoms with Crippen molar-refractivity contribution in [2.75, 3.05) is 43.5 Å². The van der Waals surface area contributed by atoms with Gasteiger partial charge in [0.15, 0.2) is 0 Å². The third-order valence-electron chi connectivity index (χ3n) is 7.31. The summed E-state index contributed by atoms with van der Waals surface area (Å²) in [4.78, 5) is 30.2. The van der Waals surface area contributed by atoms with Crippen LogP contribution < -0.4 is 10.2 Å². The van der Waals surface area contributed by atoms with Crippen LogP contribution in [-0.4, -0.2) is 91.2 Å². The van der Waals surface area contributed by atoms with Gasteiger partial charge in [-0.1, -0.05) is 12.1 Å². The van der Waals surface area contributed by atoms with Crippen LogP contribution in [0.5, 0.6) is 0 Å². The van der Waals surface area contributed by atoms with E-state index < -0.39 is 0 Å². The van der Waals surface area contributed by atoms with Crippen molar-refractivity contribution in [3.05, 3.63) is 53.9 Å². The number of methoxy groups -OCH3 is 1. The predicted molar refractivity (Wildman–Crippen MR) is 142 cm³/mol. The number of nitrogens with one attached hydrogen (secondary N) is 1. The van der Waals surface area contributed by atoms with E-state index in [1.165, 1.54) is 11.9 Å². The molecule has 0 unspecified atom stereocenters. The summed E-state index contributed by atoms with van der Waals surface area (Å²) < 4.78 is 6.40. The third-order valence-corrected chi connectivity index (χ3v) is 7.31. The van der Waals surface area contributed by atoms with Crippen molar-refractivity contribution in [2.45, 2.75) is 31.9 Å². The Hall–Kier alpha value is -4.52. The van der Waals surface area contributed by atoms with Crippen molar-refractivity contribution in [1.29, 1.82) is 0 Å². The van der Waals surface area contributed by atoms with Crippen molar-refractivity contribution in [3.8, 4) is 11.4 Å². The van der Waals surface area contributed by atoms with Gasteiger partial charge in [0.1, 0.15) is 6.04 Å². The standard InChI is InChI=1S/C26H29N9O4/c1-16-5-6-17(24-29-31-35(30-24)19-13-33(14-19)26(38)39-2)10-22(16)28-25(37)21-12-27-34-9-7-18(11-23(21)34)32-8-3-4-20(36)15-32/h5-7,9-12,19-20,36H,3-4,8,13-15H2,1-2H3,(H,28,37)/t20-/m0/s1. The molecule has 5 heterocycles. The van der Waals surface area contributed by atoms with E-state index in [-0.39, 0.29) is 24.1 Å². The molecule has 39 heavy (non-hydrogen) atoms. The Balaban J connectivity index is 1.20. The Labute approximate surface area is 224 Å². The Morgan fingerprint density at radius 2 is 2.00 bits per heavy atom. The van der Waals surface area contributed by atoms with Gasteiger partial charge in [-0.3, -0.25) is 4.79 Å². The fourth-order valence-electron chi connectivity index (χ4n) is 4.99. The van der Waals surface area contributed by atoms with Crippen molar-refractivity contribution in [2.24, 2.45) is 0 Å². The van der Waals surface area contributed by atoms with Gasteiger partial charge in [-0.05, 0) is 48.7 Å². The number of piperidine rings is 1. The second-order valence-electron chi connectivity index (χ2n) is 9.96. The van der Waals surface area contributed by atoms with Crippen LogP contribution in [0.4, 0.5) is 16.2 Å². The molecule has 1 atom stereocenters. The molecule has 13 heteroatoms. The largest absolute Gasteiger partial charge is 0.453 e. The minimum absolute atomic E-state index is 0.0660. The summed E-state index contributed by atoms with van der Waals surface area (Å²) >= 11 is 0. The molecular weight excluding hydrogens is 502 g/mol. The number of likely N-dealkylation sites (tertiary alicyclic amines) is 1. The first-order valence-corrected chi connectivity index (χ1v) is 12.8. The molecular formula is C26H29N9O4. The molecule has 4 aromatic rings. The lowest BCUT2D eigenvalue weighted by Gasteiger charge is -2.36. The summed E-state index contributed by atoms with van der Waals surface area (Å²) in [5, 5.41) is 30.3. The number of ether oxygens (including phenoxy) is 1. The van der Waals surface area contributed by atoms with Gasteiger partial charge >= 0.3 is 6.09 Å².